The summed E-state index contributed by atoms with van der Waals surface area (Å²) in [6, 6.07) is 33.2. The largest absolute Gasteiger partial charge is 0.322 e. The monoisotopic (exact) mass is 432 g/mol. The van der Waals surface area contributed by atoms with Crippen molar-refractivity contribution in [1.29, 1.82) is 0 Å². The van der Waals surface area contributed by atoms with E-state index < -0.39 is 0 Å². The molecule has 33 heavy (non-hydrogen) atoms. The molecule has 0 saturated heterocycles. The van der Waals surface area contributed by atoms with E-state index in [9.17, 15) is 9.70 Å². The van der Waals surface area contributed by atoms with E-state index >= 15 is 0 Å². The van der Waals surface area contributed by atoms with E-state index in [0.29, 0.717) is 5.57 Å². The molecule has 0 aliphatic heterocycles. The highest BCUT2D eigenvalue weighted by Crippen LogP contribution is 2.24. The number of carbonyl (C=O) groups excluding carboxylic acids is 1. The molecule has 0 spiro atoms. The van der Waals surface area contributed by atoms with Crippen LogP contribution in [0, 0.1) is 11.8 Å². The summed E-state index contributed by atoms with van der Waals surface area (Å²) in [6.07, 6.45) is 1.85. The second kappa shape index (κ2) is 10.3. The molecule has 1 amide bonds. The summed E-state index contributed by atoms with van der Waals surface area (Å²) in [5.41, 5.74) is 7.26. The molecule has 4 aromatic carbocycles. The van der Waals surface area contributed by atoms with Gasteiger partial charge in [-0.1, -0.05) is 102 Å². The normalized spacial score (nSPS) is 11.1. The van der Waals surface area contributed by atoms with Crippen LogP contribution in [-0.4, -0.2) is 5.91 Å². The number of anilines is 1. The third kappa shape index (κ3) is 5.69. The fraction of sp³-hybridized carbons (Fsp3) is 0.0690. The average molecular weight is 433 g/mol. The molecule has 0 radical (unpaired) electrons. The first-order valence-electron chi connectivity index (χ1n) is 10.8. The Balaban J connectivity index is 1.57. The number of hydrogen-bond donors (Lipinski definition) is 1. The van der Waals surface area contributed by atoms with Gasteiger partial charge < -0.3 is 5.32 Å². The topological polar surface area (TPSA) is 58.5 Å². The van der Waals surface area contributed by atoms with Crippen LogP contribution in [0.1, 0.15) is 22.3 Å². The maximum atomic E-state index is 13.2. The van der Waals surface area contributed by atoms with Crippen LogP contribution < -0.4 is 5.32 Å². The van der Waals surface area contributed by atoms with Gasteiger partial charge >= 0.3 is 0 Å². The number of amides is 1. The van der Waals surface area contributed by atoms with Crippen molar-refractivity contribution >= 4 is 23.2 Å². The van der Waals surface area contributed by atoms with Gasteiger partial charge in [0.05, 0.1) is 0 Å². The molecule has 1 N–H and O–H groups in total. The molecule has 162 valence electrons. The van der Waals surface area contributed by atoms with Gasteiger partial charge in [0.1, 0.15) is 6.54 Å². The highest BCUT2D eigenvalue weighted by molar-refractivity contribution is 6.29. The minimum atomic E-state index is -0.192. The van der Waals surface area contributed by atoms with E-state index in [4.69, 9.17) is 0 Å². The Hall–Kier alpha value is -4.31. The zero-order chi connectivity index (χ0) is 23.0. The van der Waals surface area contributed by atoms with Gasteiger partial charge in [0.25, 0.3) is 5.91 Å². The van der Waals surface area contributed by atoms with Crippen molar-refractivity contribution in [2.75, 3.05) is 5.32 Å². The number of rotatable bonds is 7. The van der Waals surface area contributed by atoms with Crippen molar-refractivity contribution in [3.63, 3.8) is 0 Å². The summed E-state index contributed by atoms with van der Waals surface area (Å²) < 4.78 is 0. The van der Waals surface area contributed by atoms with Crippen molar-refractivity contribution < 1.29 is 4.79 Å². The van der Waals surface area contributed by atoms with Crippen molar-refractivity contribution in [2.24, 2.45) is 5.18 Å². The molecule has 0 aromatic heterocycles. The lowest BCUT2D eigenvalue weighted by atomic mass is 10.0. The van der Waals surface area contributed by atoms with Gasteiger partial charge in [0, 0.05) is 11.3 Å². The van der Waals surface area contributed by atoms with Crippen LogP contribution in [0.2, 0.25) is 0 Å². The molecule has 4 heteroatoms. The molecule has 4 nitrogen and oxygen atoms in total. The van der Waals surface area contributed by atoms with Crippen LogP contribution in [0.25, 0.3) is 22.8 Å². The van der Waals surface area contributed by atoms with Crippen LogP contribution in [0.4, 0.5) is 5.69 Å². The van der Waals surface area contributed by atoms with E-state index in [1.165, 1.54) is 5.56 Å². The molecule has 0 aliphatic carbocycles. The molecule has 4 rings (SSSR count). The lowest BCUT2D eigenvalue weighted by Gasteiger charge is -2.11. The van der Waals surface area contributed by atoms with Crippen molar-refractivity contribution in [3.05, 3.63) is 130 Å². The summed E-state index contributed by atoms with van der Waals surface area (Å²) in [6.45, 7) is 2.20. The maximum Gasteiger partial charge on any atom is 0.256 e. The average Bonchev–Trinajstić information content (AvgIpc) is 2.85. The Morgan fingerprint density at radius 3 is 2.00 bits per heavy atom. The van der Waals surface area contributed by atoms with Gasteiger partial charge in [0.15, 0.2) is 0 Å². The Kier molecular flexibility index (Phi) is 6.86. The summed E-state index contributed by atoms with van der Waals surface area (Å²) in [5.74, 6) is -0.192. The molecule has 0 heterocycles. The van der Waals surface area contributed by atoms with Gasteiger partial charge in [0.2, 0.25) is 0 Å². The first-order chi connectivity index (χ1) is 16.1. The molecule has 0 unspecified atom stereocenters. The zero-order valence-electron chi connectivity index (χ0n) is 18.4. The van der Waals surface area contributed by atoms with Crippen LogP contribution in [0.5, 0.6) is 0 Å². The first kappa shape index (κ1) is 21.9. The van der Waals surface area contributed by atoms with E-state index in [1.54, 1.807) is 0 Å². The highest BCUT2D eigenvalue weighted by atomic mass is 16.3. The van der Waals surface area contributed by atoms with Crippen LogP contribution in [-0.2, 0) is 11.3 Å². The van der Waals surface area contributed by atoms with E-state index in [0.717, 1.165) is 33.5 Å². The van der Waals surface area contributed by atoms with Gasteiger partial charge in [-0.3, -0.25) is 4.79 Å². The minimum absolute atomic E-state index is 0.134. The number of hydrogen-bond acceptors (Lipinski definition) is 3. The molecule has 0 saturated carbocycles. The number of carbonyl (C=O) groups is 1. The fourth-order valence-electron chi connectivity index (χ4n) is 3.55. The van der Waals surface area contributed by atoms with E-state index in [-0.39, 0.29) is 12.5 Å². The van der Waals surface area contributed by atoms with Crippen molar-refractivity contribution in [1.82, 2.24) is 0 Å². The number of nitrogens with zero attached hydrogens (tertiary/aromatic N) is 1. The van der Waals surface area contributed by atoms with Crippen LogP contribution in [0.15, 0.2) is 108 Å². The number of aryl methyl sites for hydroxylation is 1. The quantitative estimate of drug-likeness (QED) is 0.192. The lowest BCUT2D eigenvalue weighted by Crippen LogP contribution is -2.13. The SMILES string of the molecule is Cc1ccc(-c2ccc(NC(=O)/C(=C/c3ccc(CN=O)cc3)c3ccccc3)cc2)cc1. The van der Waals surface area contributed by atoms with Crippen LogP contribution >= 0.6 is 0 Å². The second-order valence-electron chi connectivity index (χ2n) is 7.85. The number of benzene rings is 4. The Morgan fingerprint density at radius 2 is 1.39 bits per heavy atom. The highest BCUT2D eigenvalue weighted by Gasteiger charge is 2.13. The Bertz CT molecular complexity index is 1260. The summed E-state index contributed by atoms with van der Waals surface area (Å²) in [4.78, 5) is 23.7. The standard InChI is InChI=1S/C29H24N2O2/c1-21-7-13-24(14-8-21)25-15-17-27(18-16-25)31-29(32)28(26-5-3-2-4-6-26)19-22-9-11-23(12-10-22)20-30-33/h2-19H,20H2,1H3,(H,31,32)/b28-19+. The van der Waals surface area contributed by atoms with E-state index in [1.807, 2.05) is 84.9 Å². The third-order valence-corrected chi connectivity index (χ3v) is 5.39. The lowest BCUT2D eigenvalue weighted by molar-refractivity contribution is -0.111. The molecule has 0 fully saturated rings. The number of nitroso groups, excluding NO2 is 1. The fourth-order valence-corrected chi connectivity index (χ4v) is 3.55. The Labute approximate surface area is 193 Å². The Morgan fingerprint density at radius 1 is 0.788 bits per heavy atom. The minimum Gasteiger partial charge on any atom is -0.322 e. The van der Waals surface area contributed by atoms with Crippen molar-refractivity contribution in [2.45, 2.75) is 13.5 Å². The van der Waals surface area contributed by atoms with Crippen molar-refractivity contribution in [3.8, 4) is 11.1 Å². The molecular weight excluding hydrogens is 408 g/mol. The summed E-state index contributed by atoms with van der Waals surface area (Å²) in [5, 5.41) is 5.94. The predicted octanol–water partition coefficient (Wildman–Crippen LogP) is 7.11. The van der Waals surface area contributed by atoms with Crippen LogP contribution in [0.3, 0.4) is 0 Å². The molecule has 0 bridgehead atoms. The van der Waals surface area contributed by atoms with Gasteiger partial charge in [-0.05, 0) is 52.9 Å². The molecular formula is C29H24N2O2. The van der Waals surface area contributed by atoms with E-state index in [2.05, 4.69) is 41.7 Å². The molecule has 0 aliphatic rings. The molecule has 0 atom stereocenters. The maximum absolute atomic E-state index is 13.2. The zero-order valence-corrected chi connectivity index (χ0v) is 18.4. The van der Waals surface area contributed by atoms with Gasteiger partial charge in [-0.15, -0.1) is 0 Å². The smallest absolute Gasteiger partial charge is 0.256 e. The number of nitrogens with one attached hydrogen (secondary N) is 1. The summed E-state index contributed by atoms with van der Waals surface area (Å²) >= 11 is 0. The van der Waals surface area contributed by atoms with Gasteiger partial charge in [-0.2, -0.15) is 4.91 Å². The van der Waals surface area contributed by atoms with Gasteiger partial charge in [-0.25, -0.2) is 0 Å². The predicted molar refractivity (Wildman–Crippen MR) is 135 cm³/mol. The second-order valence-corrected chi connectivity index (χ2v) is 7.85. The molecule has 4 aromatic rings. The first-order valence-corrected chi connectivity index (χ1v) is 10.8. The third-order valence-electron chi connectivity index (χ3n) is 5.39. The summed E-state index contributed by atoms with van der Waals surface area (Å²) in [7, 11) is 0.